The summed E-state index contributed by atoms with van der Waals surface area (Å²) in [5.74, 6) is 0. The Labute approximate surface area is 50.0 Å². The minimum Gasteiger partial charge on any atom is -0.400 e. The second kappa shape index (κ2) is 3.50. The molecule has 3 N–H and O–H groups in total. The van der Waals surface area contributed by atoms with Crippen LogP contribution in [0.15, 0.2) is 11.8 Å². The highest BCUT2D eigenvalue weighted by molar-refractivity contribution is 5.00. The van der Waals surface area contributed by atoms with Crippen LogP contribution in [0.5, 0.6) is 0 Å². The Morgan fingerprint density at radius 1 is 1.88 bits per heavy atom. The molecule has 0 aliphatic heterocycles. The van der Waals surface area contributed by atoms with Crippen LogP contribution in [-0.2, 0) is 0 Å². The summed E-state index contributed by atoms with van der Waals surface area (Å²) in [7, 11) is 0. The second-order valence-electron chi connectivity index (χ2n) is 1.79. The second-order valence-corrected chi connectivity index (χ2v) is 1.79. The van der Waals surface area contributed by atoms with Gasteiger partial charge in [0.15, 0.2) is 0 Å². The summed E-state index contributed by atoms with van der Waals surface area (Å²) in [6.07, 6.45) is 2.21. The first kappa shape index (κ1) is 7.50. The van der Waals surface area contributed by atoms with Crippen LogP contribution < -0.4 is 5.73 Å². The largest absolute Gasteiger partial charge is 0.400 e. The van der Waals surface area contributed by atoms with Gasteiger partial charge in [-0.15, -0.1) is 0 Å². The van der Waals surface area contributed by atoms with Crippen LogP contribution in [0.3, 0.4) is 0 Å². The number of nitrogens with two attached hydrogens (primary N) is 1. The molecule has 0 spiro atoms. The molecule has 0 aromatic heterocycles. The van der Waals surface area contributed by atoms with Crippen LogP contribution in [0.25, 0.3) is 0 Å². The summed E-state index contributed by atoms with van der Waals surface area (Å²) in [6, 6.07) is 0. The van der Waals surface area contributed by atoms with Crippen LogP contribution in [0.1, 0.15) is 20.3 Å². The van der Waals surface area contributed by atoms with Gasteiger partial charge in [-0.3, -0.25) is 0 Å². The lowest BCUT2D eigenvalue weighted by atomic mass is 10.2. The number of allylic oxidation sites excluding steroid dienone is 1. The molecule has 0 fully saturated rings. The van der Waals surface area contributed by atoms with Gasteiger partial charge in [0.05, 0.1) is 6.10 Å². The first-order valence-corrected chi connectivity index (χ1v) is 2.82. The van der Waals surface area contributed by atoms with Crippen LogP contribution in [-0.4, -0.2) is 11.2 Å². The predicted octanol–water partition coefficient (Wildman–Crippen LogP) is 0.620. The molecule has 0 amide bonds. The Morgan fingerprint density at radius 3 is 2.50 bits per heavy atom. The topological polar surface area (TPSA) is 46.2 Å². The summed E-state index contributed by atoms with van der Waals surface area (Å²) in [4.78, 5) is 0. The third-order valence-electron chi connectivity index (χ3n) is 0.922. The lowest BCUT2D eigenvalue weighted by Gasteiger charge is -2.01. The Bertz CT molecular complexity index is 86.5. The fourth-order valence-electron chi connectivity index (χ4n) is 0.406. The molecule has 0 rings (SSSR count). The van der Waals surface area contributed by atoms with E-state index in [9.17, 15) is 0 Å². The maximum atomic E-state index is 8.76. The molecule has 2 nitrogen and oxygen atoms in total. The molecule has 2 heteroatoms. The third kappa shape index (κ3) is 2.64. The highest BCUT2D eigenvalue weighted by atomic mass is 16.3. The van der Waals surface area contributed by atoms with Crippen LogP contribution in [0.4, 0.5) is 0 Å². The van der Waals surface area contributed by atoms with Gasteiger partial charge < -0.3 is 10.8 Å². The number of aliphatic hydroxyl groups excluding tert-OH is 1. The highest BCUT2D eigenvalue weighted by Gasteiger charge is 1.94. The molecule has 48 valence electrons. The van der Waals surface area contributed by atoms with Gasteiger partial charge in [0.25, 0.3) is 0 Å². The minimum absolute atomic E-state index is 0.491. The monoisotopic (exact) mass is 115 g/mol. The van der Waals surface area contributed by atoms with E-state index in [0.717, 1.165) is 6.42 Å². The van der Waals surface area contributed by atoms with Crippen molar-refractivity contribution < 1.29 is 5.11 Å². The zero-order valence-corrected chi connectivity index (χ0v) is 5.39. The smallest absolute Gasteiger partial charge is 0.0901 e. The van der Waals surface area contributed by atoms with E-state index in [0.29, 0.717) is 5.70 Å². The summed E-state index contributed by atoms with van der Waals surface area (Å²) < 4.78 is 0. The average molecular weight is 115 g/mol. The van der Waals surface area contributed by atoms with Crippen molar-refractivity contribution in [2.75, 3.05) is 0 Å². The van der Waals surface area contributed by atoms with Crippen LogP contribution in [0, 0.1) is 0 Å². The highest BCUT2D eigenvalue weighted by Crippen LogP contribution is 1.93. The van der Waals surface area contributed by atoms with Gasteiger partial charge in [0, 0.05) is 5.70 Å². The van der Waals surface area contributed by atoms with Crippen LogP contribution >= 0.6 is 0 Å². The van der Waals surface area contributed by atoms with E-state index in [2.05, 4.69) is 0 Å². The van der Waals surface area contributed by atoms with Gasteiger partial charge in [0.1, 0.15) is 0 Å². The van der Waals surface area contributed by atoms with Crippen molar-refractivity contribution in [1.29, 1.82) is 0 Å². The van der Waals surface area contributed by atoms with E-state index in [1.165, 1.54) is 0 Å². The molecule has 0 saturated carbocycles. The normalized spacial score (nSPS) is 16.1. The summed E-state index contributed by atoms with van der Waals surface area (Å²) in [5, 5.41) is 8.76. The number of aliphatic hydroxyl groups is 1. The molecule has 0 saturated heterocycles. The zero-order valence-electron chi connectivity index (χ0n) is 5.39. The fourth-order valence-corrected chi connectivity index (χ4v) is 0.406. The van der Waals surface area contributed by atoms with Gasteiger partial charge in [-0.1, -0.05) is 13.0 Å². The Hall–Kier alpha value is -0.500. The Morgan fingerprint density at radius 2 is 2.38 bits per heavy atom. The van der Waals surface area contributed by atoms with E-state index in [1.54, 1.807) is 6.92 Å². The number of rotatable bonds is 2. The minimum atomic E-state index is -0.491. The molecule has 1 unspecified atom stereocenters. The van der Waals surface area contributed by atoms with E-state index in [-0.39, 0.29) is 0 Å². The lowest BCUT2D eigenvalue weighted by Crippen LogP contribution is -2.12. The molecule has 1 atom stereocenters. The SMILES string of the molecule is CC/C=C(/N)C(C)O. The van der Waals surface area contributed by atoms with Crippen molar-refractivity contribution in [1.82, 2.24) is 0 Å². The Balaban J connectivity index is 3.61. The molecule has 0 aromatic carbocycles. The maximum absolute atomic E-state index is 8.76. The summed E-state index contributed by atoms with van der Waals surface area (Å²) >= 11 is 0. The van der Waals surface area contributed by atoms with Crippen molar-refractivity contribution in [2.24, 2.45) is 5.73 Å². The summed E-state index contributed by atoms with van der Waals surface area (Å²) in [6.45, 7) is 3.64. The molecule has 0 aromatic rings. The van der Waals surface area contributed by atoms with Gasteiger partial charge in [-0.05, 0) is 13.3 Å². The number of hydrogen-bond acceptors (Lipinski definition) is 2. The standard InChI is InChI=1S/C6H13NO/c1-3-4-6(7)5(2)8/h4-5,8H,3,7H2,1-2H3/b6-4+. The van der Waals surface area contributed by atoms with E-state index < -0.39 is 6.10 Å². The number of hydrogen-bond donors (Lipinski definition) is 2. The Kier molecular flexibility index (Phi) is 3.28. The third-order valence-corrected chi connectivity index (χ3v) is 0.922. The zero-order chi connectivity index (χ0) is 6.57. The fraction of sp³-hybridized carbons (Fsp3) is 0.667. The molecule has 0 bridgehead atoms. The van der Waals surface area contributed by atoms with Gasteiger partial charge >= 0.3 is 0 Å². The van der Waals surface area contributed by atoms with E-state index in [1.807, 2.05) is 13.0 Å². The van der Waals surface area contributed by atoms with Crippen LogP contribution in [0.2, 0.25) is 0 Å². The van der Waals surface area contributed by atoms with Crippen molar-refractivity contribution in [2.45, 2.75) is 26.4 Å². The predicted molar refractivity (Wildman–Crippen MR) is 34.2 cm³/mol. The molecule has 0 aliphatic rings. The first-order chi connectivity index (χ1) is 3.68. The average Bonchev–Trinajstić information content (AvgIpc) is 1.67. The molecule has 0 heterocycles. The molecular weight excluding hydrogens is 102 g/mol. The first-order valence-electron chi connectivity index (χ1n) is 2.82. The van der Waals surface area contributed by atoms with Crippen molar-refractivity contribution in [3.05, 3.63) is 11.8 Å². The molecule has 0 radical (unpaired) electrons. The van der Waals surface area contributed by atoms with Gasteiger partial charge in [0.2, 0.25) is 0 Å². The van der Waals surface area contributed by atoms with Gasteiger partial charge in [-0.25, -0.2) is 0 Å². The van der Waals surface area contributed by atoms with Gasteiger partial charge in [-0.2, -0.15) is 0 Å². The quantitative estimate of drug-likeness (QED) is 0.554. The molecule has 8 heavy (non-hydrogen) atoms. The van der Waals surface area contributed by atoms with Crippen molar-refractivity contribution >= 4 is 0 Å². The maximum Gasteiger partial charge on any atom is 0.0901 e. The van der Waals surface area contributed by atoms with E-state index in [4.69, 9.17) is 10.8 Å². The van der Waals surface area contributed by atoms with Crippen molar-refractivity contribution in [3.8, 4) is 0 Å². The molecular formula is C6H13NO. The lowest BCUT2D eigenvalue weighted by molar-refractivity contribution is 0.229. The van der Waals surface area contributed by atoms with E-state index >= 15 is 0 Å². The summed E-state index contributed by atoms with van der Waals surface area (Å²) in [5.41, 5.74) is 5.90. The molecule has 0 aliphatic carbocycles. The van der Waals surface area contributed by atoms with Crippen molar-refractivity contribution in [3.63, 3.8) is 0 Å².